The van der Waals surface area contributed by atoms with Crippen molar-refractivity contribution < 1.29 is 14.3 Å². The van der Waals surface area contributed by atoms with Gasteiger partial charge in [-0.15, -0.1) is 10.2 Å². The predicted octanol–water partition coefficient (Wildman–Crippen LogP) is 2.35. The molecule has 0 spiro atoms. The highest BCUT2D eigenvalue weighted by Crippen LogP contribution is 2.27. The molecule has 3 aromatic rings. The highest BCUT2D eigenvalue weighted by atomic mass is 16.5. The number of carbonyl (C=O) groups is 2. The summed E-state index contributed by atoms with van der Waals surface area (Å²) in [5.74, 6) is 0.0797. The first kappa shape index (κ1) is 20.0. The number of rotatable bonds is 7. The van der Waals surface area contributed by atoms with Gasteiger partial charge in [0.1, 0.15) is 0 Å². The third-order valence-corrected chi connectivity index (χ3v) is 4.38. The van der Waals surface area contributed by atoms with Crippen LogP contribution in [0.4, 0.5) is 11.4 Å². The molecule has 1 heterocycles. The van der Waals surface area contributed by atoms with Crippen molar-refractivity contribution in [3.63, 3.8) is 0 Å². The number of esters is 1. The van der Waals surface area contributed by atoms with Gasteiger partial charge < -0.3 is 15.0 Å². The first-order valence-electron chi connectivity index (χ1n) is 9.02. The monoisotopic (exact) mass is 394 g/mol. The Labute approximate surface area is 168 Å². The van der Waals surface area contributed by atoms with E-state index in [0.717, 1.165) is 16.9 Å². The number of hydrogen-bond acceptors (Lipinski definition) is 7. The summed E-state index contributed by atoms with van der Waals surface area (Å²) in [7, 11) is 3.08. The number of tetrazole rings is 1. The third-order valence-electron chi connectivity index (χ3n) is 4.38. The summed E-state index contributed by atoms with van der Waals surface area (Å²) >= 11 is 0. The fourth-order valence-electron chi connectivity index (χ4n) is 2.59. The van der Waals surface area contributed by atoms with Gasteiger partial charge in [0.25, 0.3) is 0 Å². The van der Waals surface area contributed by atoms with Gasteiger partial charge in [0.2, 0.25) is 11.7 Å². The number of benzene rings is 2. The molecule has 1 N–H and O–H groups in total. The average Bonchev–Trinajstić information content (AvgIpc) is 3.21. The van der Waals surface area contributed by atoms with Crippen LogP contribution in [0, 0.1) is 0 Å². The van der Waals surface area contributed by atoms with Crippen molar-refractivity contribution in [2.45, 2.75) is 13.5 Å². The lowest BCUT2D eigenvalue weighted by atomic mass is 10.1. The molecular weight excluding hydrogens is 372 g/mol. The summed E-state index contributed by atoms with van der Waals surface area (Å²) in [6, 6.07) is 14.6. The lowest BCUT2D eigenvalue weighted by molar-refractivity contribution is -0.127. The standard InChI is InChI=1S/C20H22N6O3/c1-14(27)25(2)12-13-26-23-19(22-24-26)17-6-4-5-7-18(17)21-16-10-8-15(9-11-16)20(28)29-3/h4-11,21H,12-13H2,1-3H3. The Kier molecular flexibility index (Phi) is 6.18. The molecule has 0 atom stereocenters. The number of nitrogens with one attached hydrogen (secondary N) is 1. The van der Waals surface area contributed by atoms with Crippen LogP contribution in [0.3, 0.4) is 0 Å². The molecule has 0 bridgehead atoms. The number of aromatic nitrogens is 4. The molecule has 3 rings (SSSR count). The second-order valence-corrected chi connectivity index (χ2v) is 6.39. The number of methoxy groups -OCH3 is 1. The maximum Gasteiger partial charge on any atom is 0.337 e. The summed E-state index contributed by atoms with van der Waals surface area (Å²) in [5, 5.41) is 15.9. The average molecular weight is 394 g/mol. The highest BCUT2D eigenvalue weighted by molar-refractivity contribution is 5.90. The van der Waals surface area contributed by atoms with Crippen molar-refractivity contribution in [2.75, 3.05) is 26.0 Å². The topological polar surface area (TPSA) is 102 Å². The van der Waals surface area contributed by atoms with Crippen LogP contribution >= 0.6 is 0 Å². The van der Waals surface area contributed by atoms with Gasteiger partial charge in [-0.25, -0.2) is 4.79 Å². The van der Waals surface area contributed by atoms with Crippen LogP contribution in [0.1, 0.15) is 17.3 Å². The molecule has 0 saturated carbocycles. The second kappa shape index (κ2) is 8.96. The van der Waals surface area contributed by atoms with Crippen LogP contribution in [-0.4, -0.2) is 57.7 Å². The van der Waals surface area contributed by atoms with E-state index in [1.54, 1.807) is 36.2 Å². The van der Waals surface area contributed by atoms with Gasteiger partial charge in [-0.1, -0.05) is 12.1 Å². The molecule has 0 aliphatic rings. The van der Waals surface area contributed by atoms with Gasteiger partial charge in [0.15, 0.2) is 0 Å². The summed E-state index contributed by atoms with van der Waals surface area (Å²) < 4.78 is 4.71. The smallest absolute Gasteiger partial charge is 0.337 e. The fraction of sp³-hybridized carbons (Fsp3) is 0.250. The summed E-state index contributed by atoms with van der Waals surface area (Å²) in [6.45, 7) is 2.46. The number of para-hydroxylation sites is 1. The van der Waals surface area contributed by atoms with Crippen molar-refractivity contribution in [1.82, 2.24) is 25.1 Å². The van der Waals surface area contributed by atoms with Crippen LogP contribution in [0.5, 0.6) is 0 Å². The number of likely N-dealkylation sites (N-methyl/N-ethyl adjacent to an activating group) is 1. The van der Waals surface area contributed by atoms with Gasteiger partial charge in [0.05, 0.1) is 19.2 Å². The molecule has 1 amide bonds. The lowest BCUT2D eigenvalue weighted by Gasteiger charge is -2.13. The lowest BCUT2D eigenvalue weighted by Crippen LogP contribution is -2.28. The number of anilines is 2. The largest absolute Gasteiger partial charge is 0.465 e. The normalized spacial score (nSPS) is 10.4. The molecule has 0 saturated heterocycles. The first-order valence-corrected chi connectivity index (χ1v) is 9.02. The van der Waals surface area contributed by atoms with Crippen molar-refractivity contribution in [3.05, 3.63) is 54.1 Å². The molecule has 0 radical (unpaired) electrons. The number of amides is 1. The molecule has 29 heavy (non-hydrogen) atoms. The van der Waals surface area contributed by atoms with E-state index in [1.807, 2.05) is 24.3 Å². The van der Waals surface area contributed by atoms with Crippen LogP contribution in [0.25, 0.3) is 11.4 Å². The van der Waals surface area contributed by atoms with E-state index < -0.39 is 0 Å². The van der Waals surface area contributed by atoms with Crippen LogP contribution < -0.4 is 5.32 Å². The molecule has 0 unspecified atom stereocenters. The van der Waals surface area contributed by atoms with Gasteiger partial charge >= 0.3 is 5.97 Å². The Hall–Kier alpha value is -3.75. The van der Waals surface area contributed by atoms with Gasteiger partial charge in [-0.3, -0.25) is 4.79 Å². The highest BCUT2D eigenvalue weighted by Gasteiger charge is 2.12. The Balaban J connectivity index is 1.76. The second-order valence-electron chi connectivity index (χ2n) is 6.39. The van der Waals surface area contributed by atoms with Crippen LogP contribution in [0.2, 0.25) is 0 Å². The molecular formula is C20H22N6O3. The first-order chi connectivity index (χ1) is 14.0. The third kappa shape index (κ3) is 4.95. The van der Waals surface area contributed by atoms with E-state index in [1.165, 1.54) is 18.8 Å². The predicted molar refractivity (Wildman–Crippen MR) is 108 cm³/mol. The van der Waals surface area contributed by atoms with Crippen molar-refractivity contribution in [3.8, 4) is 11.4 Å². The Bertz CT molecular complexity index is 999. The van der Waals surface area contributed by atoms with Crippen LogP contribution in [-0.2, 0) is 16.1 Å². The minimum absolute atomic E-state index is 0.0156. The van der Waals surface area contributed by atoms with E-state index in [-0.39, 0.29) is 11.9 Å². The van der Waals surface area contributed by atoms with E-state index in [4.69, 9.17) is 4.74 Å². The maximum atomic E-state index is 11.6. The summed E-state index contributed by atoms with van der Waals surface area (Å²) in [6.07, 6.45) is 0. The quantitative estimate of drug-likeness (QED) is 0.614. The van der Waals surface area contributed by atoms with E-state index >= 15 is 0 Å². The fourth-order valence-corrected chi connectivity index (χ4v) is 2.59. The van der Waals surface area contributed by atoms with Gasteiger partial charge in [0, 0.05) is 37.5 Å². The molecule has 9 heteroatoms. The van der Waals surface area contributed by atoms with E-state index in [2.05, 4.69) is 20.7 Å². The van der Waals surface area contributed by atoms with Crippen LogP contribution in [0.15, 0.2) is 48.5 Å². The molecule has 150 valence electrons. The molecule has 1 aromatic heterocycles. The zero-order chi connectivity index (χ0) is 20.8. The number of carbonyl (C=O) groups excluding carboxylic acids is 2. The maximum absolute atomic E-state index is 11.6. The molecule has 0 fully saturated rings. The van der Waals surface area contributed by atoms with Crippen molar-refractivity contribution in [1.29, 1.82) is 0 Å². The number of ether oxygens (including phenoxy) is 1. The minimum atomic E-state index is -0.381. The molecule has 9 nitrogen and oxygen atoms in total. The molecule has 0 aliphatic carbocycles. The SMILES string of the molecule is COC(=O)c1ccc(Nc2ccccc2-c2nnn(CCN(C)C(C)=O)n2)cc1. The Morgan fingerprint density at radius 1 is 1.14 bits per heavy atom. The zero-order valence-electron chi connectivity index (χ0n) is 16.5. The zero-order valence-corrected chi connectivity index (χ0v) is 16.5. The van der Waals surface area contributed by atoms with Gasteiger partial charge in [-0.05, 0) is 41.6 Å². The van der Waals surface area contributed by atoms with E-state index in [9.17, 15) is 9.59 Å². The molecule has 0 aliphatic heterocycles. The number of hydrogen-bond donors (Lipinski definition) is 1. The summed E-state index contributed by atoms with van der Waals surface area (Å²) in [4.78, 5) is 25.9. The minimum Gasteiger partial charge on any atom is -0.465 e. The molecule has 2 aromatic carbocycles. The van der Waals surface area contributed by atoms with Crippen molar-refractivity contribution >= 4 is 23.3 Å². The summed E-state index contributed by atoms with van der Waals surface area (Å²) in [5.41, 5.74) is 2.88. The number of nitrogens with zero attached hydrogens (tertiary/aromatic N) is 5. The van der Waals surface area contributed by atoms with Gasteiger partial charge in [-0.2, -0.15) is 4.80 Å². The van der Waals surface area contributed by atoms with E-state index in [0.29, 0.717) is 24.5 Å². The van der Waals surface area contributed by atoms with Crippen molar-refractivity contribution in [2.24, 2.45) is 0 Å². The Morgan fingerprint density at radius 2 is 1.86 bits per heavy atom. The Morgan fingerprint density at radius 3 is 2.55 bits per heavy atom.